The number of morpholine rings is 1. The summed E-state index contributed by atoms with van der Waals surface area (Å²) >= 11 is 0. The highest BCUT2D eigenvalue weighted by Gasteiger charge is 2.14. The molecule has 0 bridgehead atoms. The Morgan fingerprint density at radius 3 is 2.80 bits per heavy atom. The molecule has 82 valence electrons. The highest BCUT2D eigenvalue weighted by atomic mass is 16.5. The van der Waals surface area contributed by atoms with Crippen LogP contribution in [0, 0.1) is 6.92 Å². The van der Waals surface area contributed by atoms with E-state index in [4.69, 9.17) is 10.5 Å². The summed E-state index contributed by atoms with van der Waals surface area (Å²) in [5.74, 6) is 1.07. The van der Waals surface area contributed by atoms with Gasteiger partial charge in [0.1, 0.15) is 5.82 Å². The lowest BCUT2D eigenvalue weighted by molar-refractivity contribution is 0.122. The van der Waals surface area contributed by atoms with E-state index >= 15 is 0 Å². The Bertz CT molecular complexity index is 335. The monoisotopic (exact) mass is 207 g/mol. The van der Waals surface area contributed by atoms with E-state index in [1.165, 1.54) is 5.56 Å². The predicted molar refractivity (Wildman–Crippen MR) is 59.9 cm³/mol. The maximum absolute atomic E-state index is 5.57. The molecule has 4 nitrogen and oxygen atoms in total. The van der Waals surface area contributed by atoms with Gasteiger partial charge in [-0.25, -0.2) is 4.98 Å². The van der Waals surface area contributed by atoms with Gasteiger partial charge in [-0.3, -0.25) is 0 Å². The zero-order valence-electron chi connectivity index (χ0n) is 9.07. The minimum atomic E-state index is 0.553. The second-order valence-electron chi connectivity index (χ2n) is 3.79. The number of aryl methyl sites for hydroxylation is 1. The molecule has 2 rings (SSSR count). The molecule has 1 aliphatic heterocycles. The standard InChI is InChI=1S/C11H17N3O/c1-9-6-10(7-12)8-13-11(9)14-2-4-15-5-3-14/h6,8H,2-5,7,12H2,1H3. The van der Waals surface area contributed by atoms with Gasteiger partial charge in [0.05, 0.1) is 13.2 Å². The second kappa shape index (κ2) is 4.59. The van der Waals surface area contributed by atoms with Crippen LogP contribution in [0.5, 0.6) is 0 Å². The highest BCUT2D eigenvalue weighted by molar-refractivity contribution is 5.47. The molecule has 0 amide bonds. The zero-order chi connectivity index (χ0) is 10.7. The summed E-state index contributed by atoms with van der Waals surface area (Å²) in [4.78, 5) is 6.73. The van der Waals surface area contributed by atoms with Crippen molar-refractivity contribution in [1.82, 2.24) is 4.98 Å². The molecule has 15 heavy (non-hydrogen) atoms. The number of aromatic nitrogens is 1. The van der Waals surface area contributed by atoms with Crippen LogP contribution in [0.1, 0.15) is 11.1 Å². The van der Waals surface area contributed by atoms with E-state index in [1.54, 1.807) is 0 Å². The van der Waals surface area contributed by atoms with E-state index in [1.807, 2.05) is 6.20 Å². The third kappa shape index (κ3) is 2.27. The molecule has 1 fully saturated rings. The molecule has 1 saturated heterocycles. The lowest BCUT2D eigenvalue weighted by atomic mass is 10.2. The summed E-state index contributed by atoms with van der Waals surface area (Å²) in [6.45, 7) is 6.07. The van der Waals surface area contributed by atoms with Gasteiger partial charge in [0, 0.05) is 25.8 Å². The first kappa shape index (κ1) is 10.4. The Morgan fingerprint density at radius 2 is 2.20 bits per heavy atom. The van der Waals surface area contributed by atoms with Gasteiger partial charge in [-0.2, -0.15) is 0 Å². The molecule has 1 aliphatic rings. The van der Waals surface area contributed by atoms with Crippen LogP contribution in [0.25, 0.3) is 0 Å². The van der Waals surface area contributed by atoms with E-state index in [2.05, 4.69) is 22.9 Å². The van der Waals surface area contributed by atoms with Gasteiger partial charge in [0.25, 0.3) is 0 Å². The van der Waals surface area contributed by atoms with Crippen molar-refractivity contribution in [1.29, 1.82) is 0 Å². The fraction of sp³-hybridized carbons (Fsp3) is 0.545. The normalized spacial score (nSPS) is 16.8. The lowest BCUT2D eigenvalue weighted by Crippen LogP contribution is -2.37. The number of anilines is 1. The topological polar surface area (TPSA) is 51.4 Å². The molecule has 2 heterocycles. The number of pyridine rings is 1. The Morgan fingerprint density at radius 1 is 1.47 bits per heavy atom. The molecule has 0 unspecified atom stereocenters. The van der Waals surface area contributed by atoms with Crippen LogP contribution in [0.15, 0.2) is 12.3 Å². The van der Waals surface area contributed by atoms with Crippen molar-refractivity contribution in [3.05, 3.63) is 23.4 Å². The minimum Gasteiger partial charge on any atom is -0.378 e. The molecule has 4 heteroatoms. The van der Waals surface area contributed by atoms with Crippen LogP contribution in [0.3, 0.4) is 0 Å². The van der Waals surface area contributed by atoms with E-state index in [0.29, 0.717) is 6.54 Å². The maximum atomic E-state index is 5.57. The predicted octanol–water partition coefficient (Wildman–Crippen LogP) is 0.685. The van der Waals surface area contributed by atoms with E-state index in [9.17, 15) is 0 Å². The van der Waals surface area contributed by atoms with Crippen molar-refractivity contribution in [2.24, 2.45) is 5.73 Å². The van der Waals surface area contributed by atoms with Gasteiger partial charge in [-0.15, -0.1) is 0 Å². The molecule has 2 N–H and O–H groups in total. The van der Waals surface area contributed by atoms with Gasteiger partial charge in [-0.1, -0.05) is 0 Å². The number of nitrogens with zero attached hydrogens (tertiary/aromatic N) is 2. The Balaban J connectivity index is 2.19. The summed E-state index contributed by atoms with van der Waals surface area (Å²) < 4.78 is 5.32. The third-order valence-electron chi connectivity index (χ3n) is 2.65. The van der Waals surface area contributed by atoms with E-state index < -0.39 is 0 Å². The first-order chi connectivity index (χ1) is 7.31. The largest absolute Gasteiger partial charge is 0.378 e. The molecule has 1 aromatic heterocycles. The SMILES string of the molecule is Cc1cc(CN)cnc1N1CCOCC1. The van der Waals surface area contributed by atoms with Gasteiger partial charge >= 0.3 is 0 Å². The summed E-state index contributed by atoms with van der Waals surface area (Å²) in [5, 5.41) is 0. The first-order valence-corrected chi connectivity index (χ1v) is 5.29. The Hall–Kier alpha value is -1.13. The molecule has 1 aromatic rings. The minimum absolute atomic E-state index is 0.553. The molecule has 0 aliphatic carbocycles. The van der Waals surface area contributed by atoms with Gasteiger partial charge in [0.15, 0.2) is 0 Å². The van der Waals surface area contributed by atoms with Crippen LogP contribution < -0.4 is 10.6 Å². The number of hydrogen-bond acceptors (Lipinski definition) is 4. The molecule has 0 spiro atoms. The van der Waals surface area contributed by atoms with Crippen molar-refractivity contribution in [3.63, 3.8) is 0 Å². The van der Waals surface area contributed by atoms with Crippen LogP contribution in [0.4, 0.5) is 5.82 Å². The fourth-order valence-electron chi connectivity index (χ4n) is 1.84. The fourth-order valence-corrected chi connectivity index (χ4v) is 1.84. The number of rotatable bonds is 2. The second-order valence-corrected chi connectivity index (χ2v) is 3.79. The lowest BCUT2D eigenvalue weighted by Gasteiger charge is -2.29. The summed E-state index contributed by atoms with van der Waals surface area (Å²) in [6.07, 6.45) is 1.86. The zero-order valence-corrected chi connectivity index (χ0v) is 9.07. The average molecular weight is 207 g/mol. The quantitative estimate of drug-likeness (QED) is 0.775. The molecular formula is C11H17N3O. The van der Waals surface area contributed by atoms with Gasteiger partial charge < -0.3 is 15.4 Å². The summed E-state index contributed by atoms with van der Waals surface area (Å²) in [7, 11) is 0. The van der Waals surface area contributed by atoms with Crippen LogP contribution >= 0.6 is 0 Å². The van der Waals surface area contributed by atoms with Crippen LogP contribution in [0.2, 0.25) is 0 Å². The maximum Gasteiger partial charge on any atom is 0.131 e. The smallest absolute Gasteiger partial charge is 0.131 e. The first-order valence-electron chi connectivity index (χ1n) is 5.29. The summed E-state index contributed by atoms with van der Waals surface area (Å²) in [5.41, 5.74) is 7.86. The molecule has 0 saturated carbocycles. The molecule has 0 atom stereocenters. The van der Waals surface area contributed by atoms with Crippen LogP contribution in [-0.4, -0.2) is 31.3 Å². The van der Waals surface area contributed by atoms with E-state index in [0.717, 1.165) is 37.7 Å². The highest BCUT2D eigenvalue weighted by Crippen LogP contribution is 2.18. The van der Waals surface area contributed by atoms with Crippen molar-refractivity contribution < 1.29 is 4.74 Å². The summed E-state index contributed by atoms with van der Waals surface area (Å²) in [6, 6.07) is 2.11. The molecular weight excluding hydrogens is 190 g/mol. The molecule has 0 radical (unpaired) electrons. The van der Waals surface area contributed by atoms with Crippen LogP contribution in [-0.2, 0) is 11.3 Å². The van der Waals surface area contributed by atoms with Crippen molar-refractivity contribution in [2.45, 2.75) is 13.5 Å². The van der Waals surface area contributed by atoms with Gasteiger partial charge in [-0.05, 0) is 24.1 Å². The average Bonchev–Trinajstić information content (AvgIpc) is 2.30. The van der Waals surface area contributed by atoms with E-state index in [-0.39, 0.29) is 0 Å². The molecule has 0 aromatic carbocycles. The number of hydrogen-bond donors (Lipinski definition) is 1. The van der Waals surface area contributed by atoms with Gasteiger partial charge in [0.2, 0.25) is 0 Å². The number of nitrogens with two attached hydrogens (primary N) is 1. The number of ether oxygens (including phenoxy) is 1. The van der Waals surface area contributed by atoms with Crippen molar-refractivity contribution in [3.8, 4) is 0 Å². The third-order valence-corrected chi connectivity index (χ3v) is 2.65. The Kier molecular flexibility index (Phi) is 3.18. The van der Waals surface area contributed by atoms with Crippen molar-refractivity contribution in [2.75, 3.05) is 31.2 Å². The Labute approximate surface area is 90.0 Å². The van der Waals surface area contributed by atoms with Crippen molar-refractivity contribution >= 4 is 5.82 Å².